The smallest absolute Gasteiger partial charge is 0.355 e. The molecule has 2 N–H and O–H groups in total. The van der Waals surface area contributed by atoms with Crippen molar-refractivity contribution in [2.75, 3.05) is 39.8 Å². The van der Waals surface area contributed by atoms with Gasteiger partial charge in [-0.25, -0.2) is 9.59 Å². The third-order valence-corrected chi connectivity index (χ3v) is 5.65. The van der Waals surface area contributed by atoms with Gasteiger partial charge in [0.25, 0.3) is 0 Å². The molecule has 1 unspecified atom stereocenters. The van der Waals surface area contributed by atoms with Gasteiger partial charge in [0, 0.05) is 12.2 Å². The molecule has 1 aliphatic heterocycles. The molecule has 0 spiro atoms. The molecule has 0 bridgehead atoms. The van der Waals surface area contributed by atoms with E-state index in [0.29, 0.717) is 11.3 Å². The normalized spacial score (nSPS) is 15.9. The Labute approximate surface area is 199 Å². The Kier molecular flexibility index (Phi) is 7.71. The van der Waals surface area contributed by atoms with E-state index in [1.165, 1.54) is 19.1 Å². The first-order chi connectivity index (χ1) is 16.3. The highest BCUT2D eigenvalue weighted by molar-refractivity contribution is 6.06. The average Bonchev–Trinajstić information content (AvgIpc) is 2.86. The molecule has 2 aromatic rings. The fourth-order valence-electron chi connectivity index (χ4n) is 3.95. The molecule has 2 aromatic carbocycles. The Morgan fingerprint density at radius 2 is 1.65 bits per heavy atom. The molecular formula is C26H28N4O4. The molecule has 0 aromatic heterocycles. The van der Waals surface area contributed by atoms with Gasteiger partial charge in [-0.3, -0.25) is 4.90 Å². The molecule has 0 saturated carbocycles. The predicted molar refractivity (Wildman–Crippen MR) is 128 cm³/mol. The third-order valence-electron chi connectivity index (χ3n) is 5.65. The van der Waals surface area contributed by atoms with Gasteiger partial charge in [-0.05, 0) is 43.8 Å². The summed E-state index contributed by atoms with van der Waals surface area (Å²) >= 11 is 0. The summed E-state index contributed by atoms with van der Waals surface area (Å²) in [5.41, 5.74) is 8.78. The quantitative estimate of drug-likeness (QED) is 0.628. The van der Waals surface area contributed by atoms with Crippen LogP contribution >= 0.6 is 0 Å². The van der Waals surface area contributed by atoms with Crippen LogP contribution in [0.3, 0.4) is 0 Å². The highest BCUT2D eigenvalue weighted by Gasteiger charge is 2.42. The van der Waals surface area contributed by atoms with Crippen molar-refractivity contribution in [3.8, 4) is 6.07 Å². The van der Waals surface area contributed by atoms with E-state index in [2.05, 4.69) is 11.0 Å². The largest absolute Gasteiger partial charge is 0.466 e. The minimum atomic E-state index is -0.886. The number of benzene rings is 2. The van der Waals surface area contributed by atoms with Gasteiger partial charge in [-0.15, -0.1) is 0 Å². The Hall–Kier alpha value is -4.09. The van der Waals surface area contributed by atoms with Crippen LogP contribution in [0.15, 0.2) is 77.3 Å². The van der Waals surface area contributed by atoms with Crippen molar-refractivity contribution in [1.82, 2.24) is 4.90 Å². The van der Waals surface area contributed by atoms with Crippen molar-refractivity contribution in [1.29, 1.82) is 5.26 Å². The second-order valence-corrected chi connectivity index (χ2v) is 8.05. The molecule has 1 heterocycles. The van der Waals surface area contributed by atoms with Gasteiger partial charge < -0.3 is 20.1 Å². The maximum atomic E-state index is 13.0. The predicted octanol–water partition coefficient (Wildman–Crippen LogP) is 2.69. The molecule has 3 rings (SSSR count). The van der Waals surface area contributed by atoms with Crippen molar-refractivity contribution in [3.05, 3.63) is 88.4 Å². The first-order valence-corrected chi connectivity index (χ1v) is 10.7. The van der Waals surface area contributed by atoms with E-state index in [4.69, 9.17) is 15.2 Å². The zero-order valence-electron chi connectivity index (χ0n) is 19.7. The second kappa shape index (κ2) is 10.7. The number of allylic oxidation sites excluding steroid dienone is 1. The Morgan fingerprint density at radius 1 is 1.03 bits per heavy atom. The minimum Gasteiger partial charge on any atom is -0.466 e. The van der Waals surface area contributed by atoms with Crippen molar-refractivity contribution >= 4 is 17.6 Å². The number of hydrogen-bond donors (Lipinski definition) is 1. The fourth-order valence-corrected chi connectivity index (χ4v) is 3.95. The van der Waals surface area contributed by atoms with E-state index >= 15 is 0 Å². The molecule has 0 radical (unpaired) electrons. The molecule has 0 saturated heterocycles. The Bertz CT molecular complexity index is 1160. The lowest BCUT2D eigenvalue weighted by atomic mass is 9.81. The first-order valence-electron chi connectivity index (χ1n) is 10.7. The van der Waals surface area contributed by atoms with Crippen LogP contribution in [0.1, 0.15) is 17.0 Å². The van der Waals surface area contributed by atoms with Crippen molar-refractivity contribution in [2.24, 2.45) is 5.73 Å². The second-order valence-electron chi connectivity index (χ2n) is 8.05. The number of esters is 2. The van der Waals surface area contributed by atoms with Crippen LogP contribution in [-0.2, 0) is 25.5 Å². The van der Waals surface area contributed by atoms with Crippen molar-refractivity contribution in [3.63, 3.8) is 0 Å². The first kappa shape index (κ1) is 24.6. The standard InChI is InChI=1S/C26H28N4O4/c1-29(2)15-14-17-10-12-19(13-11-17)30-23(26(32)34-4)22(25(31)33-3)21(20(16-27)24(30)28)18-8-6-5-7-9-18/h5-13,21H,14-15,28H2,1-4H3. The lowest BCUT2D eigenvalue weighted by Gasteiger charge is -2.36. The van der Waals surface area contributed by atoms with E-state index in [0.717, 1.165) is 18.5 Å². The molecule has 0 fully saturated rings. The van der Waals surface area contributed by atoms with Crippen LogP contribution in [0.4, 0.5) is 5.69 Å². The number of methoxy groups -OCH3 is 2. The number of likely N-dealkylation sites (N-methyl/N-ethyl adjacent to an activating group) is 1. The molecule has 34 heavy (non-hydrogen) atoms. The average molecular weight is 461 g/mol. The molecule has 0 aliphatic carbocycles. The molecule has 0 amide bonds. The number of ether oxygens (including phenoxy) is 2. The summed E-state index contributed by atoms with van der Waals surface area (Å²) < 4.78 is 10.1. The molecule has 1 atom stereocenters. The minimum absolute atomic E-state index is 0.0111. The maximum Gasteiger partial charge on any atom is 0.355 e. The summed E-state index contributed by atoms with van der Waals surface area (Å²) in [6, 6.07) is 18.5. The fraction of sp³-hybridized carbons (Fsp3) is 0.269. The summed E-state index contributed by atoms with van der Waals surface area (Å²) in [5, 5.41) is 10.1. The monoisotopic (exact) mass is 460 g/mol. The molecular weight excluding hydrogens is 432 g/mol. The van der Waals surface area contributed by atoms with Crippen LogP contribution in [0.5, 0.6) is 0 Å². The van der Waals surface area contributed by atoms with E-state index in [1.54, 1.807) is 36.4 Å². The van der Waals surface area contributed by atoms with Crippen LogP contribution in [0, 0.1) is 11.3 Å². The number of anilines is 1. The summed E-state index contributed by atoms with van der Waals surface area (Å²) in [5.74, 6) is -2.35. The lowest BCUT2D eigenvalue weighted by Crippen LogP contribution is -2.40. The van der Waals surface area contributed by atoms with E-state index in [-0.39, 0.29) is 22.7 Å². The van der Waals surface area contributed by atoms with E-state index in [1.807, 2.05) is 32.3 Å². The Morgan fingerprint density at radius 3 is 2.18 bits per heavy atom. The molecule has 8 nitrogen and oxygen atoms in total. The van der Waals surface area contributed by atoms with Gasteiger partial charge in [0.2, 0.25) is 0 Å². The lowest BCUT2D eigenvalue weighted by molar-refractivity contribution is -0.139. The van der Waals surface area contributed by atoms with Crippen LogP contribution in [0.25, 0.3) is 0 Å². The van der Waals surface area contributed by atoms with Crippen LogP contribution < -0.4 is 10.6 Å². The third kappa shape index (κ3) is 4.80. The van der Waals surface area contributed by atoms with Gasteiger partial charge in [0.15, 0.2) is 0 Å². The molecule has 1 aliphatic rings. The van der Waals surface area contributed by atoms with Crippen molar-refractivity contribution < 1.29 is 19.1 Å². The number of carbonyl (C=O) groups is 2. The number of carbonyl (C=O) groups excluding carboxylic acids is 2. The number of nitriles is 1. The summed E-state index contributed by atoms with van der Waals surface area (Å²) in [6.45, 7) is 0.877. The maximum absolute atomic E-state index is 13.0. The van der Waals surface area contributed by atoms with Crippen LogP contribution in [-0.4, -0.2) is 51.7 Å². The van der Waals surface area contributed by atoms with Gasteiger partial charge in [-0.1, -0.05) is 42.5 Å². The summed E-state index contributed by atoms with van der Waals surface area (Å²) in [6.07, 6.45) is 0.839. The molecule has 176 valence electrons. The number of hydrogen-bond acceptors (Lipinski definition) is 8. The summed E-state index contributed by atoms with van der Waals surface area (Å²) in [4.78, 5) is 29.6. The summed E-state index contributed by atoms with van der Waals surface area (Å²) in [7, 11) is 6.46. The van der Waals surface area contributed by atoms with Gasteiger partial charge in [0.05, 0.1) is 37.4 Å². The van der Waals surface area contributed by atoms with Gasteiger partial charge >= 0.3 is 11.9 Å². The topological polar surface area (TPSA) is 109 Å². The number of rotatable bonds is 7. The highest BCUT2D eigenvalue weighted by Crippen LogP contribution is 2.43. The number of nitrogens with two attached hydrogens (primary N) is 1. The molecule has 8 heteroatoms. The highest BCUT2D eigenvalue weighted by atomic mass is 16.5. The van der Waals surface area contributed by atoms with Crippen molar-refractivity contribution in [2.45, 2.75) is 12.3 Å². The number of nitrogens with zero attached hydrogens (tertiary/aromatic N) is 3. The van der Waals surface area contributed by atoms with Gasteiger partial charge in [0.1, 0.15) is 11.5 Å². The Balaban J connectivity index is 2.24. The van der Waals surface area contributed by atoms with E-state index < -0.39 is 17.9 Å². The zero-order valence-corrected chi connectivity index (χ0v) is 19.7. The zero-order chi connectivity index (χ0) is 24.8. The van der Waals surface area contributed by atoms with Crippen LogP contribution in [0.2, 0.25) is 0 Å². The van der Waals surface area contributed by atoms with E-state index in [9.17, 15) is 14.9 Å². The SMILES string of the molecule is COC(=O)C1=C(C(=O)OC)N(c2ccc(CCN(C)C)cc2)C(N)=C(C#N)C1c1ccccc1. The van der Waals surface area contributed by atoms with Gasteiger partial charge in [-0.2, -0.15) is 5.26 Å².